The van der Waals surface area contributed by atoms with Gasteiger partial charge in [0.1, 0.15) is 0 Å². The Kier molecular flexibility index (Phi) is 3.79. The molecule has 2 aromatic rings. The average molecular weight is 321 g/mol. The van der Waals surface area contributed by atoms with Crippen LogP contribution < -0.4 is 4.90 Å². The normalized spacial score (nSPS) is 16.5. The highest BCUT2D eigenvalue weighted by Gasteiger charge is 2.27. The van der Waals surface area contributed by atoms with Gasteiger partial charge in [0, 0.05) is 18.4 Å². The van der Waals surface area contributed by atoms with Crippen LogP contribution in [0.1, 0.15) is 58.6 Å². The number of benzene rings is 2. The summed E-state index contributed by atoms with van der Waals surface area (Å²) in [5.74, 6) is -0.0971. The van der Waals surface area contributed by atoms with Gasteiger partial charge >= 0.3 is 5.97 Å². The van der Waals surface area contributed by atoms with E-state index < -0.39 is 5.97 Å². The van der Waals surface area contributed by atoms with E-state index in [1.54, 1.807) is 17.7 Å². The number of nitrogens with zero attached hydrogens (tertiary/aromatic N) is 1. The van der Waals surface area contributed by atoms with Crippen molar-refractivity contribution in [3.8, 4) is 0 Å². The van der Waals surface area contributed by atoms with Gasteiger partial charge < -0.3 is 10.0 Å². The van der Waals surface area contributed by atoms with E-state index in [1.807, 2.05) is 12.1 Å². The number of hydrogen-bond donors (Lipinski definition) is 1. The lowest BCUT2D eigenvalue weighted by Gasteiger charge is -2.34. The third kappa shape index (κ3) is 2.58. The zero-order chi connectivity index (χ0) is 16.7. The Morgan fingerprint density at radius 1 is 1.00 bits per heavy atom. The van der Waals surface area contributed by atoms with Crippen LogP contribution in [-0.2, 0) is 12.8 Å². The summed E-state index contributed by atoms with van der Waals surface area (Å²) >= 11 is 0. The highest BCUT2D eigenvalue weighted by molar-refractivity contribution is 5.88. The Balaban J connectivity index is 1.70. The van der Waals surface area contributed by atoms with Crippen LogP contribution in [0.3, 0.4) is 0 Å². The van der Waals surface area contributed by atoms with Gasteiger partial charge in [-0.1, -0.05) is 0 Å². The summed E-state index contributed by atoms with van der Waals surface area (Å²) in [7, 11) is 2.06. The van der Waals surface area contributed by atoms with E-state index in [4.69, 9.17) is 5.11 Å². The average Bonchev–Trinajstić information content (AvgIpc) is 2.61. The Morgan fingerprint density at radius 2 is 1.58 bits per heavy atom. The minimum absolute atomic E-state index is 0.329. The van der Waals surface area contributed by atoms with Gasteiger partial charge in [-0.05, 0) is 97.5 Å². The molecular weight excluding hydrogens is 298 g/mol. The zero-order valence-corrected chi connectivity index (χ0v) is 14.1. The van der Waals surface area contributed by atoms with E-state index in [0.717, 1.165) is 11.6 Å². The number of aryl methyl sites for hydroxylation is 2. The standard InChI is InChI=1S/C21H23NO2/c1-22(18-10-8-15(9-11-18)21(23)24)19-12-16-6-2-4-14-5-3-7-17(13-19)20(14)16/h8-14H,2-7H2,1H3,(H,23,24). The molecule has 0 saturated heterocycles. The lowest BCUT2D eigenvalue weighted by Crippen LogP contribution is -2.19. The van der Waals surface area contributed by atoms with Crippen molar-refractivity contribution >= 4 is 17.3 Å². The summed E-state index contributed by atoms with van der Waals surface area (Å²) in [6.45, 7) is 0. The fourth-order valence-corrected chi connectivity index (χ4v) is 4.38. The predicted octanol–water partition coefficient (Wildman–Crippen LogP) is 4.91. The van der Waals surface area contributed by atoms with E-state index >= 15 is 0 Å². The van der Waals surface area contributed by atoms with Gasteiger partial charge in [-0.2, -0.15) is 0 Å². The Labute approximate surface area is 142 Å². The summed E-state index contributed by atoms with van der Waals surface area (Å²) in [5, 5.41) is 9.05. The number of rotatable bonds is 3. The quantitative estimate of drug-likeness (QED) is 0.873. The van der Waals surface area contributed by atoms with Gasteiger partial charge in [0.15, 0.2) is 0 Å². The van der Waals surface area contributed by atoms with Gasteiger partial charge in [-0.15, -0.1) is 0 Å². The van der Waals surface area contributed by atoms with Crippen molar-refractivity contribution in [3.63, 3.8) is 0 Å². The van der Waals surface area contributed by atoms with Crippen molar-refractivity contribution in [3.05, 3.63) is 58.7 Å². The van der Waals surface area contributed by atoms with Gasteiger partial charge in [-0.3, -0.25) is 0 Å². The second-order valence-corrected chi connectivity index (χ2v) is 7.07. The Morgan fingerprint density at radius 3 is 2.12 bits per heavy atom. The topological polar surface area (TPSA) is 40.5 Å². The SMILES string of the molecule is CN(c1ccc(C(=O)O)cc1)c1cc2c3c(c1)CCCC3CCC2. The molecular formula is C21H23NO2. The summed E-state index contributed by atoms with van der Waals surface area (Å²) in [6.07, 6.45) is 7.70. The third-order valence-corrected chi connectivity index (χ3v) is 5.63. The summed E-state index contributed by atoms with van der Waals surface area (Å²) in [5.41, 5.74) is 7.28. The molecule has 2 aliphatic rings. The van der Waals surface area contributed by atoms with Crippen LogP contribution in [0.2, 0.25) is 0 Å². The number of aromatic carboxylic acids is 1. The first-order chi connectivity index (χ1) is 11.6. The molecule has 0 bridgehead atoms. The fourth-order valence-electron chi connectivity index (χ4n) is 4.38. The number of carbonyl (C=O) groups is 1. The molecule has 24 heavy (non-hydrogen) atoms. The molecule has 124 valence electrons. The minimum atomic E-state index is -0.881. The Bertz CT molecular complexity index is 748. The molecule has 0 aliphatic heterocycles. The molecule has 2 aromatic carbocycles. The molecule has 1 N–H and O–H groups in total. The van der Waals surface area contributed by atoms with Crippen molar-refractivity contribution in [2.75, 3.05) is 11.9 Å². The van der Waals surface area contributed by atoms with Crippen LogP contribution in [0.25, 0.3) is 0 Å². The molecule has 3 heteroatoms. The zero-order valence-electron chi connectivity index (χ0n) is 14.1. The lowest BCUT2D eigenvalue weighted by atomic mass is 9.73. The van der Waals surface area contributed by atoms with Crippen LogP contribution >= 0.6 is 0 Å². The van der Waals surface area contributed by atoms with Gasteiger partial charge in [0.05, 0.1) is 5.56 Å². The monoisotopic (exact) mass is 321 g/mol. The highest BCUT2D eigenvalue weighted by Crippen LogP contribution is 2.43. The first-order valence-corrected chi connectivity index (χ1v) is 8.86. The van der Waals surface area contributed by atoms with Crippen molar-refractivity contribution < 1.29 is 9.90 Å². The molecule has 0 unspecified atom stereocenters. The summed E-state index contributed by atoms with van der Waals surface area (Å²) < 4.78 is 0. The van der Waals surface area contributed by atoms with Crippen LogP contribution in [0.4, 0.5) is 11.4 Å². The largest absolute Gasteiger partial charge is 0.478 e. The lowest BCUT2D eigenvalue weighted by molar-refractivity contribution is 0.0697. The van der Waals surface area contributed by atoms with Gasteiger partial charge in [0.25, 0.3) is 0 Å². The summed E-state index contributed by atoms with van der Waals surface area (Å²) in [4.78, 5) is 13.2. The van der Waals surface area contributed by atoms with Crippen molar-refractivity contribution in [2.24, 2.45) is 0 Å². The van der Waals surface area contributed by atoms with Gasteiger partial charge in [0.2, 0.25) is 0 Å². The second-order valence-electron chi connectivity index (χ2n) is 7.07. The molecule has 0 saturated carbocycles. The van der Waals surface area contributed by atoms with E-state index in [-0.39, 0.29) is 0 Å². The second kappa shape index (κ2) is 5.97. The number of anilines is 2. The maximum absolute atomic E-state index is 11.0. The third-order valence-electron chi connectivity index (χ3n) is 5.63. The van der Waals surface area contributed by atoms with E-state index in [9.17, 15) is 4.79 Å². The number of carboxylic acids is 1. The molecule has 0 aromatic heterocycles. The van der Waals surface area contributed by atoms with Crippen molar-refractivity contribution in [1.82, 2.24) is 0 Å². The number of hydrogen-bond acceptors (Lipinski definition) is 2. The number of carboxylic acid groups (broad SMARTS) is 1. The Hall–Kier alpha value is -2.29. The van der Waals surface area contributed by atoms with Crippen LogP contribution in [0, 0.1) is 0 Å². The molecule has 4 rings (SSSR count). The molecule has 0 spiro atoms. The first-order valence-electron chi connectivity index (χ1n) is 8.86. The first kappa shape index (κ1) is 15.3. The molecule has 0 radical (unpaired) electrons. The maximum Gasteiger partial charge on any atom is 0.335 e. The highest BCUT2D eigenvalue weighted by atomic mass is 16.4. The predicted molar refractivity (Wildman–Crippen MR) is 96.5 cm³/mol. The molecule has 0 heterocycles. The molecule has 3 nitrogen and oxygen atoms in total. The van der Waals surface area contributed by atoms with E-state index in [2.05, 4.69) is 24.1 Å². The van der Waals surface area contributed by atoms with E-state index in [0.29, 0.717) is 5.56 Å². The minimum Gasteiger partial charge on any atom is -0.478 e. The molecule has 0 fully saturated rings. The van der Waals surface area contributed by atoms with E-state index in [1.165, 1.54) is 55.3 Å². The van der Waals surface area contributed by atoms with Gasteiger partial charge in [-0.25, -0.2) is 4.79 Å². The maximum atomic E-state index is 11.0. The molecule has 2 aliphatic carbocycles. The molecule has 0 amide bonds. The van der Waals surface area contributed by atoms with Crippen LogP contribution in [0.5, 0.6) is 0 Å². The van der Waals surface area contributed by atoms with Crippen molar-refractivity contribution in [2.45, 2.75) is 44.4 Å². The summed E-state index contributed by atoms with van der Waals surface area (Å²) in [6, 6.07) is 11.8. The smallest absolute Gasteiger partial charge is 0.335 e. The van der Waals surface area contributed by atoms with Crippen LogP contribution in [0.15, 0.2) is 36.4 Å². The van der Waals surface area contributed by atoms with Crippen molar-refractivity contribution in [1.29, 1.82) is 0 Å². The molecule has 0 atom stereocenters. The fraction of sp³-hybridized carbons (Fsp3) is 0.381. The van der Waals surface area contributed by atoms with Crippen LogP contribution in [-0.4, -0.2) is 18.1 Å².